The first-order valence-corrected chi connectivity index (χ1v) is 10.1. The lowest BCUT2D eigenvalue weighted by atomic mass is 9.85. The van der Waals surface area contributed by atoms with Gasteiger partial charge in [-0.25, -0.2) is 5.43 Å². The lowest BCUT2D eigenvalue weighted by Crippen LogP contribution is -2.25. The summed E-state index contributed by atoms with van der Waals surface area (Å²) in [5, 5.41) is 14.3. The Hall–Kier alpha value is -3.60. The molecule has 1 amide bonds. The van der Waals surface area contributed by atoms with Crippen LogP contribution in [0.2, 0.25) is 0 Å². The zero-order valence-electron chi connectivity index (χ0n) is 16.8. The van der Waals surface area contributed by atoms with Gasteiger partial charge >= 0.3 is 0 Å². The molecule has 0 aromatic heterocycles. The molecule has 1 atom stereocenters. The van der Waals surface area contributed by atoms with Crippen molar-refractivity contribution in [1.29, 1.82) is 0 Å². The second kappa shape index (κ2) is 8.41. The number of ether oxygens (including phenoxy) is 1. The number of hydrogen-bond donors (Lipinski definition) is 2. The predicted molar refractivity (Wildman–Crippen MR) is 117 cm³/mol. The van der Waals surface area contributed by atoms with Crippen LogP contribution < -0.4 is 10.2 Å². The van der Waals surface area contributed by atoms with Crippen molar-refractivity contribution in [2.24, 2.45) is 11.0 Å². The first-order valence-electron chi connectivity index (χ1n) is 10.1. The molecule has 0 saturated heterocycles. The van der Waals surface area contributed by atoms with E-state index in [2.05, 4.69) is 34.8 Å². The summed E-state index contributed by atoms with van der Waals surface area (Å²) in [7, 11) is 0. The first kappa shape index (κ1) is 19.7. The Balaban J connectivity index is 1.52. The minimum Gasteiger partial charge on any atom is -0.504 e. The molecule has 1 fully saturated rings. The number of aromatic hydroxyl groups is 1. The lowest BCUT2D eigenvalue weighted by Gasteiger charge is -2.18. The molecule has 0 spiro atoms. The van der Waals surface area contributed by atoms with Crippen molar-refractivity contribution >= 4 is 12.1 Å². The average molecular weight is 400 g/mol. The Morgan fingerprint density at radius 2 is 1.70 bits per heavy atom. The van der Waals surface area contributed by atoms with E-state index in [0.717, 1.165) is 17.5 Å². The van der Waals surface area contributed by atoms with E-state index in [-0.39, 0.29) is 23.0 Å². The second-order valence-electron chi connectivity index (χ2n) is 7.32. The van der Waals surface area contributed by atoms with Crippen LogP contribution in [0.15, 0.2) is 84.0 Å². The molecule has 0 aliphatic heterocycles. The highest BCUT2D eigenvalue weighted by Crippen LogP contribution is 2.58. The van der Waals surface area contributed by atoms with Crippen LogP contribution in [0, 0.1) is 5.92 Å². The van der Waals surface area contributed by atoms with Gasteiger partial charge in [-0.05, 0) is 36.6 Å². The van der Waals surface area contributed by atoms with Gasteiger partial charge in [0.15, 0.2) is 11.5 Å². The van der Waals surface area contributed by atoms with Gasteiger partial charge in [-0.15, -0.1) is 0 Å². The molecule has 3 aromatic rings. The molecule has 1 saturated carbocycles. The van der Waals surface area contributed by atoms with Gasteiger partial charge in [0.05, 0.1) is 18.7 Å². The van der Waals surface area contributed by atoms with Crippen LogP contribution in [0.25, 0.3) is 0 Å². The topological polar surface area (TPSA) is 70.9 Å². The summed E-state index contributed by atoms with van der Waals surface area (Å²) < 4.78 is 5.38. The number of phenols is 1. The Kier molecular flexibility index (Phi) is 5.53. The van der Waals surface area contributed by atoms with E-state index in [0.29, 0.717) is 17.9 Å². The molecule has 0 radical (unpaired) electrons. The molecule has 5 nitrogen and oxygen atoms in total. The van der Waals surface area contributed by atoms with Crippen molar-refractivity contribution in [3.63, 3.8) is 0 Å². The number of amides is 1. The lowest BCUT2D eigenvalue weighted by molar-refractivity contribution is -0.122. The standard InChI is InChI=1S/C25H24N2O3/c1-2-30-22-15-9-10-18(23(22)28)17-26-27-24(29)21-16-25(21,19-11-5-3-6-12-19)20-13-7-4-8-14-20/h3-15,17,21,28H,2,16H2,1H3,(H,27,29). The van der Waals surface area contributed by atoms with E-state index in [9.17, 15) is 9.90 Å². The molecule has 1 aliphatic rings. The summed E-state index contributed by atoms with van der Waals surface area (Å²) in [6.07, 6.45) is 2.16. The minimum absolute atomic E-state index is 0.00619. The number of rotatable bonds is 7. The molecule has 5 heteroatoms. The van der Waals surface area contributed by atoms with E-state index >= 15 is 0 Å². The third kappa shape index (κ3) is 3.66. The Morgan fingerprint density at radius 1 is 1.07 bits per heavy atom. The third-order valence-electron chi connectivity index (χ3n) is 5.56. The molecule has 3 aromatic carbocycles. The number of hydrogen-bond acceptors (Lipinski definition) is 4. The van der Waals surface area contributed by atoms with Crippen LogP contribution in [0.3, 0.4) is 0 Å². The molecular formula is C25H24N2O3. The number of nitrogens with one attached hydrogen (secondary N) is 1. The minimum atomic E-state index is -0.334. The van der Waals surface area contributed by atoms with Crippen molar-refractivity contribution in [3.8, 4) is 11.5 Å². The number of hydrazone groups is 1. The summed E-state index contributed by atoms with van der Waals surface area (Å²) in [6.45, 7) is 2.30. The fraction of sp³-hybridized carbons (Fsp3) is 0.200. The van der Waals surface area contributed by atoms with E-state index in [1.807, 2.05) is 43.3 Å². The number of phenolic OH excluding ortho intramolecular Hbond substituents is 1. The summed E-state index contributed by atoms with van der Waals surface area (Å²) in [5.74, 6) is 0.0519. The first-order chi connectivity index (χ1) is 14.7. The molecule has 30 heavy (non-hydrogen) atoms. The number of nitrogens with zero attached hydrogens (tertiary/aromatic N) is 1. The summed E-state index contributed by atoms with van der Waals surface area (Å²) in [4.78, 5) is 12.9. The average Bonchev–Trinajstić information content (AvgIpc) is 3.55. The number of carbonyl (C=O) groups excluding carboxylic acids is 1. The van der Waals surface area contributed by atoms with Gasteiger partial charge in [-0.3, -0.25) is 4.79 Å². The second-order valence-corrected chi connectivity index (χ2v) is 7.32. The van der Waals surface area contributed by atoms with Crippen LogP contribution in [0.1, 0.15) is 30.0 Å². The SMILES string of the molecule is CCOc1cccc(C=NNC(=O)C2CC2(c2ccccc2)c2ccccc2)c1O. The van der Waals surface area contributed by atoms with Crippen LogP contribution in [0.5, 0.6) is 11.5 Å². The van der Waals surface area contributed by atoms with Crippen molar-refractivity contribution < 1.29 is 14.6 Å². The van der Waals surface area contributed by atoms with Gasteiger partial charge in [0.25, 0.3) is 0 Å². The van der Waals surface area contributed by atoms with Crippen molar-refractivity contribution in [3.05, 3.63) is 95.6 Å². The Labute approximate surface area is 176 Å². The van der Waals surface area contributed by atoms with Gasteiger partial charge in [0.2, 0.25) is 5.91 Å². The number of para-hydroxylation sites is 1. The fourth-order valence-electron chi connectivity index (χ4n) is 4.01. The zero-order valence-corrected chi connectivity index (χ0v) is 16.8. The largest absolute Gasteiger partial charge is 0.504 e. The van der Waals surface area contributed by atoms with Crippen molar-refractivity contribution in [2.45, 2.75) is 18.8 Å². The van der Waals surface area contributed by atoms with E-state index < -0.39 is 0 Å². The van der Waals surface area contributed by atoms with Crippen LogP contribution >= 0.6 is 0 Å². The highest BCUT2D eigenvalue weighted by Gasteiger charge is 2.60. The van der Waals surface area contributed by atoms with Crippen LogP contribution in [-0.2, 0) is 10.2 Å². The summed E-state index contributed by atoms with van der Waals surface area (Å²) in [6, 6.07) is 25.4. The maximum atomic E-state index is 12.9. The molecule has 152 valence electrons. The third-order valence-corrected chi connectivity index (χ3v) is 5.56. The highest BCUT2D eigenvalue weighted by atomic mass is 16.5. The molecule has 2 N–H and O–H groups in total. The maximum Gasteiger partial charge on any atom is 0.244 e. The quantitative estimate of drug-likeness (QED) is 0.460. The van der Waals surface area contributed by atoms with Crippen LogP contribution in [0.4, 0.5) is 0 Å². The maximum absolute atomic E-state index is 12.9. The van der Waals surface area contributed by atoms with E-state index in [1.54, 1.807) is 18.2 Å². The molecule has 4 rings (SSSR count). The van der Waals surface area contributed by atoms with Gasteiger partial charge in [0, 0.05) is 11.0 Å². The van der Waals surface area contributed by atoms with Gasteiger partial charge in [0.1, 0.15) is 0 Å². The smallest absolute Gasteiger partial charge is 0.244 e. The van der Waals surface area contributed by atoms with Crippen LogP contribution in [-0.4, -0.2) is 23.8 Å². The summed E-state index contributed by atoms with van der Waals surface area (Å²) in [5.41, 5.74) is 5.05. The van der Waals surface area contributed by atoms with Gasteiger partial charge < -0.3 is 9.84 Å². The predicted octanol–water partition coefficient (Wildman–Crippen LogP) is 4.25. The zero-order chi connectivity index (χ0) is 21.0. The van der Waals surface area contributed by atoms with Crippen molar-refractivity contribution in [1.82, 2.24) is 5.43 Å². The molecule has 1 aliphatic carbocycles. The molecule has 0 bridgehead atoms. The Bertz CT molecular complexity index is 1010. The van der Waals surface area contributed by atoms with E-state index in [1.165, 1.54) is 6.21 Å². The van der Waals surface area contributed by atoms with Gasteiger partial charge in [-0.2, -0.15) is 5.10 Å². The van der Waals surface area contributed by atoms with E-state index in [4.69, 9.17) is 4.74 Å². The molecule has 0 heterocycles. The number of benzene rings is 3. The highest BCUT2D eigenvalue weighted by molar-refractivity contribution is 5.89. The molecule has 1 unspecified atom stereocenters. The van der Waals surface area contributed by atoms with Crippen molar-refractivity contribution in [2.75, 3.05) is 6.61 Å². The Morgan fingerprint density at radius 3 is 2.30 bits per heavy atom. The van der Waals surface area contributed by atoms with Gasteiger partial charge in [-0.1, -0.05) is 66.7 Å². The summed E-state index contributed by atoms with van der Waals surface area (Å²) >= 11 is 0. The molecular weight excluding hydrogens is 376 g/mol. The fourth-order valence-corrected chi connectivity index (χ4v) is 4.01. The normalized spacial score (nSPS) is 16.9. The number of carbonyl (C=O) groups is 1. The monoisotopic (exact) mass is 400 g/mol.